The van der Waals surface area contributed by atoms with Gasteiger partial charge in [0, 0.05) is 32.7 Å². The summed E-state index contributed by atoms with van der Waals surface area (Å²) in [5, 5.41) is 3.13. The van der Waals surface area contributed by atoms with Gasteiger partial charge >= 0.3 is 0 Å². The van der Waals surface area contributed by atoms with E-state index < -0.39 is 0 Å². The van der Waals surface area contributed by atoms with E-state index in [4.69, 9.17) is 6.58 Å². The third-order valence-electron chi connectivity index (χ3n) is 1.73. The zero-order chi connectivity index (χ0) is 8.27. The summed E-state index contributed by atoms with van der Waals surface area (Å²) in [5.74, 6) is 0.643. The number of nitrogens with one attached hydrogen (secondary N) is 1. The molecule has 1 N–H and O–H groups in total. The van der Waals surface area contributed by atoms with E-state index in [-0.39, 0.29) is 32.7 Å². The van der Waals surface area contributed by atoms with Crippen LogP contribution >= 0.6 is 0 Å². The van der Waals surface area contributed by atoms with Crippen molar-refractivity contribution < 1.29 is 32.7 Å². The van der Waals surface area contributed by atoms with Gasteiger partial charge < -0.3 is 16.8 Å². The summed E-state index contributed by atoms with van der Waals surface area (Å²) in [6.45, 7) is 14.2. The summed E-state index contributed by atoms with van der Waals surface area (Å²) in [6.07, 6.45) is 0.984. The molecule has 0 unspecified atom stereocenters. The van der Waals surface area contributed by atoms with E-state index in [1.54, 1.807) is 0 Å². The molecule has 0 saturated carbocycles. The van der Waals surface area contributed by atoms with Gasteiger partial charge in [-0.3, -0.25) is 0 Å². The van der Waals surface area contributed by atoms with Gasteiger partial charge in [0.05, 0.1) is 0 Å². The molecule has 1 aliphatic rings. The zero-order valence-electron chi connectivity index (χ0n) is 7.88. The van der Waals surface area contributed by atoms with Crippen LogP contribution in [0.25, 0.3) is 0 Å². The van der Waals surface area contributed by atoms with Gasteiger partial charge in [-0.1, -0.05) is 13.8 Å². The van der Waals surface area contributed by atoms with Crippen LogP contribution in [0, 0.1) is 19.2 Å². The summed E-state index contributed by atoms with van der Waals surface area (Å²) in [4.78, 5) is 2.08. The molecular formula is C9H16N2Y-2. The molecule has 0 bridgehead atoms. The summed E-state index contributed by atoms with van der Waals surface area (Å²) in [5.41, 5.74) is 0.977. The van der Waals surface area contributed by atoms with E-state index >= 15 is 0 Å². The van der Waals surface area contributed by atoms with Gasteiger partial charge in [-0.05, 0) is 25.4 Å². The standard InChI is InChI=1S/C9H16N2.Y/c1-8(2)6-9(3)11-5-4-10-7-11;/h3,7-8,10H,4-6H2,1-2H3;/q-2;. The Morgan fingerprint density at radius 2 is 2.33 bits per heavy atom. The molecule has 0 atom stereocenters. The van der Waals surface area contributed by atoms with Crippen molar-refractivity contribution in [1.29, 1.82) is 0 Å². The van der Waals surface area contributed by atoms with Gasteiger partial charge in [0.2, 0.25) is 0 Å². The van der Waals surface area contributed by atoms with Crippen LogP contribution in [0.1, 0.15) is 20.3 Å². The van der Waals surface area contributed by atoms with E-state index in [1.807, 2.05) is 6.67 Å². The fourth-order valence-electron chi connectivity index (χ4n) is 1.19. The Morgan fingerprint density at radius 1 is 1.67 bits per heavy atom. The Labute approximate surface area is 101 Å². The molecule has 0 aliphatic carbocycles. The van der Waals surface area contributed by atoms with E-state index in [0.29, 0.717) is 5.92 Å². The topological polar surface area (TPSA) is 15.3 Å². The monoisotopic (exact) mass is 241 g/mol. The molecule has 1 radical (unpaired) electrons. The maximum atomic E-state index is 5.85. The Hall–Kier alpha value is 0.604. The first-order chi connectivity index (χ1) is 5.20. The molecule has 0 amide bonds. The van der Waals surface area contributed by atoms with Crippen LogP contribution in [-0.2, 0) is 32.7 Å². The SMILES string of the molecule is [CH-]=C(CC(C)C)N1[CH-]NCC1.[Y]. The first-order valence-corrected chi connectivity index (χ1v) is 4.15. The van der Waals surface area contributed by atoms with Gasteiger partial charge in [-0.2, -0.15) is 6.67 Å². The molecule has 1 rings (SSSR count). The molecule has 67 valence electrons. The van der Waals surface area contributed by atoms with Crippen LogP contribution in [0.5, 0.6) is 0 Å². The van der Waals surface area contributed by atoms with Crippen molar-refractivity contribution in [1.82, 2.24) is 10.2 Å². The van der Waals surface area contributed by atoms with Gasteiger partial charge in [0.1, 0.15) is 0 Å². The summed E-state index contributed by atoms with van der Waals surface area (Å²) in [7, 11) is 0. The van der Waals surface area contributed by atoms with E-state index in [2.05, 4.69) is 24.1 Å². The Morgan fingerprint density at radius 3 is 2.75 bits per heavy atom. The van der Waals surface area contributed by atoms with E-state index in [9.17, 15) is 0 Å². The van der Waals surface area contributed by atoms with Gasteiger partial charge in [0.15, 0.2) is 0 Å². The van der Waals surface area contributed by atoms with Crippen LogP contribution in [0.3, 0.4) is 0 Å². The number of allylic oxidation sites excluding steroid dienone is 1. The second-order valence-corrected chi connectivity index (χ2v) is 3.37. The molecule has 0 aromatic rings. The van der Waals surface area contributed by atoms with Gasteiger partial charge in [0.25, 0.3) is 0 Å². The second-order valence-electron chi connectivity index (χ2n) is 3.37. The van der Waals surface area contributed by atoms with Crippen molar-refractivity contribution >= 4 is 0 Å². The minimum atomic E-state index is 0. The molecule has 0 spiro atoms. The summed E-state index contributed by atoms with van der Waals surface area (Å²) in [6, 6.07) is 0. The smallest absolute Gasteiger partial charge is 0 e. The van der Waals surface area contributed by atoms with Crippen LogP contribution in [0.4, 0.5) is 0 Å². The zero-order valence-corrected chi connectivity index (χ0v) is 10.7. The van der Waals surface area contributed by atoms with Crippen molar-refractivity contribution in [3.8, 4) is 0 Å². The summed E-state index contributed by atoms with van der Waals surface area (Å²) < 4.78 is 0. The van der Waals surface area contributed by atoms with Crippen LogP contribution < -0.4 is 5.32 Å². The molecule has 1 aliphatic heterocycles. The number of rotatable bonds is 3. The molecular weight excluding hydrogens is 225 g/mol. The Kier molecular flexibility index (Phi) is 6.43. The minimum absolute atomic E-state index is 0. The maximum absolute atomic E-state index is 5.85. The van der Waals surface area contributed by atoms with Crippen LogP contribution in [0.15, 0.2) is 5.70 Å². The molecule has 0 aromatic heterocycles. The second kappa shape index (κ2) is 6.12. The molecule has 1 fully saturated rings. The molecule has 12 heavy (non-hydrogen) atoms. The molecule has 1 heterocycles. The van der Waals surface area contributed by atoms with Crippen molar-refractivity contribution in [3.63, 3.8) is 0 Å². The quantitative estimate of drug-likeness (QED) is 0.751. The minimum Gasteiger partial charge on any atom is -0.540 e. The average Bonchev–Trinajstić information content (AvgIpc) is 2.35. The van der Waals surface area contributed by atoms with Gasteiger partial charge in [-0.15, -0.1) is 0 Å². The van der Waals surface area contributed by atoms with E-state index in [1.165, 1.54) is 0 Å². The third kappa shape index (κ3) is 4.02. The molecule has 2 nitrogen and oxygen atoms in total. The van der Waals surface area contributed by atoms with Crippen molar-refractivity contribution in [3.05, 3.63) is 18.9 Å². The van der Waals surface area contributed by atoms with Gasteiger partial charge in [-0.25, -0.2) is 5.70 Å². The fraction of sp³-hybridized carbons (Fsp3) is 0.667. The predicted molar refractivity (Wildman–Crippen MR) is 46.3 cm³/mol. The average molecular weight is 241 g/mol. The predicted octanol–water partition coefficient (Wildman–Crippen LogP) is 1.37. The first kappa shape index (κ1) is 12.6. The van der Waals surface area contributed by atoms with Crippen molar-refractivity contribution in [2.24, 2.45) is 5.92 Å². The molecule has 3 heteroatoms. The molecule has 0 aromatic carbocycles. The maximum Gasteiger partial charge on any atom is 0 e. The van der Waals surface area contributed by atoms with Crippen LogP contribution in [0.2, 0.25) is 0 Å². The van der Waals surface area contributed by atoms with Crippen molar-refractivity contribution in [2.45, 2.75) is 20.3 Å². The Bertz CT molecular complexity index is 139. The third-order valence-corrected chi connectivity index (χ3v) is 1.73. The largest absolute Gasteiger partial charge is 0.540 e. The van der Waals surface area contributed by atoms with Crippen LogP contribution in [-0.4, -0.2) is 18.0 Å². The van der Waals surface area contributed by atoms with Crippen molar-refractivity contribution in [2.75, 3.05) is 13.1 Å². The van der Waals surface area contributed by atoms with E-state index in [0.717, 1.165) is 25.2 Å². The molecule has 1 saturated heterocycles. The number of hydrogen-bond donors (Lipinski definition) is 1. The first-order valence-electron chi connectivity index (χ1n) is 4.15. The number of nitrogens with zero attached hydrogens (tertiary/aromatic N) is 1. The normalized spacial score (nSPS) is 16.4. The Balaban J connectivity index is 0.00000121. The summed E-state index contributed by atoms with van der Waals surface area (Å²) >= 11 is 0. The number of hydrogen-bond acceptors (Lipinski definition) is 2. The fourth-order valence-corrected chi connectivity index (χ4v) is 1.19.